The van der Waals surface area contributed by atoms with Crippen molar-refractivity contribution < 1.29 is 55.8 Å². The molecule has 3 aromatic carbocycles. The van der Waals surface area contributed by atoms with E-state index in [0.29, 0.717) is 0 Å². The third-order valence-electron chi connectivity index (χ3n) is 4.15. The van der Waals surface area contributed by atoms with Gasteiger partial charge in [-0.2, -0.15) is 6.08 Å². The third-order valence-corrected chi connectivity index (χ3v) is 4.15. The number of fused-ring (bicyclic) bond motifs is 3. The molecular weight excluding hydrogens is 458 g/mol. The van der Waals surface area contributed by atoms with Crippen molar-refractivity contribution in [1.82, 2.24) is 0 Å². The molecule has 6 heteroatoms. The minimum atomic E-state index is 0. The molecule has 0 spiro atoms. The van der Waals surface area contributed by atoms with Crippen LogP contribution < -0.4 is 40.2 Å². The number of ether oxygens (including phenoxy) is 1. The van der Waals surface area contributed by atoms with E-state index in [1.165, 1.54) is 21.5 Å². The molecule has 1 aliphatic rings. The van der Waals surface area contributed by atoms with E-state index in [-0.39, 0.29) is 51.0 Å². The molecule has 0 saturated heterocycles. The SMILES string of the molecule is CNc1ccc2c(c1)[cH-]c1cc(NC)cc(OC)c12.[C-]1=CC=CC1.[Cl-].[Cl-].[Zr+4]. The second kappa shape index (κ2) is 12.2. The van der Waals surface area contributed by atoms with E-state index < -0.39 is 0 Å². The maximum atomic E-state index is 5.54. The fraction of sp³-hybridized carbons (Fsp3) is 0.190. The molecule has 0 fully saturated rings. The summed E-state index contributed by atoms with van der Waals surface area (Å²) >= 11 is 0. The molecule has 0 amide bonds. The van der Waals surface area contributed by atoms with Gasteiger partial charge in [0.1, 0.15) is 0 Å². The van der Waals surface area contributed by atoms with Crippen LogP contribution in [-0.2, 0) is 26.2 Å². The van der Waals surface area contributed by atoms with Crippen LogP contribution in [0.3, 0.4) is 0 Å². The molecule has 0 aromatic heterocycles. The van der Waals surface area contributed by atoms with Crippen molar-refractivity contribution in [2.45, 2.75) is 6.42 Å². The minimum absolute atomic E-state index is 0. The molecule has 1 aliphatic carbocycles. The normalized spacial score (nSPS) is 10.9. The average molecular weight is 481 g/mol. The summed E-state index contributed by atoms with van der Waals surface area (Å²) < 4.78 is 5.54. The summed E-state index contributed by atoms with van der Waals surface area (Å²) in [5.74, 6) is 0.911. The zero-order valence-corrected chi connectivity index (χ0v) is 19.5. The summed E-state index contributed by atoms with van der Waals surface area (Å²) in [7, 11) is 5.57. The Hall–Kier alpha value is -1.35. The molecule has 0 bridgehead atoms. The van der Waals surface area contributed by atoms with Gasteiger partial charge in [-0.25, -0.2) is 12.2 Å². The van der Waals surface area contributed by atoms with E-state index in [0.717, 1.165) is 23.5 Å². The molecule has 0 aliphatic heterocycles. The Morgan fingerprint density at radius 2 is 1.70 bits per heavy atom. The van der Waals surface area contributed by atoms with Crippen LogP contribution in [0.2, 0.25) is 0 Å². The van der Waals surface area contributed by atoms with E-state index in [1.54, 1.807) is 7.11 Å². The molecular formula is C21H22Cl2N2OZr. The second-order valence-corrected chi connectivity index (χ2v) is 5.59. The van der Waals surface area contributed by atoms with Crippen molar-refractivity contribution in [3.63, 3.8) is 0 Å². The number of hydrogen-bond acceptors (Lipinski definition) is 3. The van der Waals surface area contributed by atoms with Gasteiger partial charge in [-0.15, -0.1) is 28.6 Å². The van der Waals surface area contributed by atoms with Gasteiger partial charge in [-0.05, 0) is 11.8 Å². The predicted molar refractivity (Wildman–Crippen MR) is 104 cm³/mol. The van der Waals surface area contributed by atoms with Crippen LogP contribution in [-0.4, -0.2) is 21.2 Å². The van der Waals surface area contributed by atoms with Crippen LogP contribution >= 0.6 is 0 Å². The van der Waals surface area contributed by atoms with Crippen LogP contribution in [0.4, 0.5) is 11.4 Å². The number of hydrogen-bond donors (Lipinski definition) is 2. The van der Waals surface area contributed by atoms with Crippen LogP contribution in [0.5, 0.6) is 5.75 Å². The smallest absolute Gasteiger partial charge is 1.00 e. The third kappa shape index (κ3) is 5.81. The standard InChI is InChI=1S/C16H17N2O.C5H5.2ClH.Zr/c1-17-12-4-5-14-10(7-12)6-11-8-13(18-2)9-15(19-3)16(11)14;1-2-4-5-3-1;;;/h4-9,17-18H,1-3H3;1-3H,4H2;2*1H;/q2*-1;;;+4/p-2. The summed E-state index contributed by atoms with van der Waals surface area (Å²) in [5.41, 5.74) is 2.18. The fourth-order valence-electron chi connectivity index (χ4n) is 2.92. The molecule has 4 rings (SSSR count). The van der Waals surface area contributed by atoms with E-state index in [9.17, 15) is 0 Å². The molecule has 0 atom stereocenters. The van der Waals surface area contributed by atoms with Gasteiger partial charge in [0, 0.05) is 19.8 Å². The van der Waals surface area contributed by atoms with Crippen molar-refractivity contribution >= 4 is 32.9 Å². The van der Waals surface area contributed by atoms with Gasteiger partial charge < -0.3 is 40.2 Å². The quantitative estimate of drug-likeness (QED) is 0.478. The topological polar surface area (TPSA) is 33.3 Å². The first-order chi connectivity index (χ1) is 11.8. The Balaban J connectivity index is 0.000000742. The number of benzene rings is 2. The molecule has 0 radical (unpaired) electrons. The second-order valence-electron chi connectivity index (χ2n) is 5.59. The van der Waals surface area contributed by atoms with Crippen molar-refractivity contribution in [2.24, 2.45) is 0 Å². The van der Waals surface area contributed by atoms with Gasteiger partial charge >= 0.3 is 26.2 Å². The number of allylic oxidation sites excluding steroid dienone is 4. The fourth-order valence-corrected chi connectivity index (χ4v) is 2.92. The molecule has 3 aromatic rings. The molecule has 3 nitrogen and oxygen atoms in total. The molecule has 140 valence electrons. The number of halogens is 2. The summed E-state index contributed by atoms with van der Waals surface area (Å²) in [6, 6.07) is 12.8. The zero-order valence-electron chi connectivity index (χ0n) is 15.6. The van der Waals surface area contributed by atoms with E-state index in [1.807, 2.05) is 32.3 Å². The Bertz CT molecular complexity index is 909. The van der Waals surface area contributed by atoms with Crippen LogP contribution in [0.15, 0.2) is 54.6 Å². The Kier molecular flexibility index (Phi) is 11.6. The van der Waals surface area contributed by atoms with Crippen LogP contribution in [0.1, 0.15) is 6.42 Å². The maximum Gasteiger partial charge on any atom is 4.00 e. The Labute approximate surface area is 192 Å². The largest absolute Gasteiger partial charge is 4.00 e. The number of nitrogens with one attached hydrogen (secondary N) is 2. The molecule has 0 unspecified atom stereocenters. The molecule has 0 heterocycles. The van der Waals surface area contributed by atoms with Gasteiger partial charge in [-0.1, -0.05) is 29.7 Å². The van der Waals surface area contributed by atoms with Crippen molar-refractivity contribution in [2.75, 3.05) is 31.8 Å². The van der Waals surface area contributed by atoms with Crippen LogP contribution in [0, 0.1) is 6.08 Å². The van der Waals surface area contributed by atoms with E-state index in [4.69, 9.17) is 4.74 Å². The number of anilines is 2. The molecule has 2 N–H and O–H groups in total. The van der Waals surface area contributed by atoms with Crippen molar-refractivity contribution in [3.8, 4) is 5.75 Å². The Morgan fingerprint density at radius 1 is 1.00 bits per heavy atom. The van der Waals surface area contributed by atoms with E-state index in [2.05, 4.69) is 53.1 Å². The molecule has 0 saturated carbocycles. The predicted octanol–water partition coefficient (Wildman–Crippen LogP) is -0.885. The average Bonchev–Trinajstić information content (AvgIpc) is 3.30. The summed E-state index contributed by atoms with van der Waals surface area (Å²) in [6.45, 7) is 0. The minimum Gasteiger partial charge on any atom is -1.00 e. The summed E-state index contributed by atoms with van der Waals surface area (Å²) in [5, 5.41) is 11.2. The van der Waals surface area contributed by atoms with Gasteiger partial charge in [-0.3, -0.25) is 6.08 Å². The summed E-state index contributed by atoms with van der Waals surface area (Å²) in [4.78, 5) is 0. The maximum absolute atomic E-state index is 5.54. The van der Waals surface area contributed by atoms with Gasteiger partial charge in [0.2, 0.25) is 0 Å². The van der Waals surface area contributed by atoms with Crippen molar-refractivity contribution in [3.05, 3.63) is 60.7 Å². The Morgan fingerprint density at radius 3 is 2.22 bits per heavy atom. The number of rotatable bonds is 3. The first-order valence-electron chi connectivity index (χ1n) is 8.05. The van der Waals surface area contributed by atoms with Gasteiger partial charge in [0.25, 0.3) is 0 Å². The van der Waals surface area contributed by atoms with Gasteiger partial charge in [0.05, 0.1) is 12.9 Å². The summed E-state index contributed by atoms with van der Waals surface area (Å²) in [6.07, 6.45) is 10.0. The number of methoxy groups -OCH3 is 1. The zero-order chi connectivity index (χ0) is 16.9. The first-order valence-corrected chi connectivity index (χ1v) is 8.05. The first kappa shape index (κ1) is 25.7. The van der Waals surface area contributed by atoms with Gasteiger partial charge in [0.15, 0.2) is 0 Å². The molecule has 27 heavy (non-hydrogen) atoms. The van der Waals surface area contributed by atoms with Crippen LogP contribution in [0.25, 0.3) is 21.5 Å². The van der Waals surface area contributed by atoms with Crippen molar-refractivity contribution in [1.29, 1.82) is 0 Å². The van der Waals surface area contributed by atoms with E-state index >= 15 is 0 Å². The monoisotopic (exact) mass is 478 g/mol.